The Bertz CT molecular complexity index is 1620. The molecular weight excluding hydrogens is 781 g/mol. The topological polar surface area (TPSA) is 44.8 Å². The summed E-state index contributed by atoms with van der Waals surface area (Å²) < 4.78 is 43.7. The Morgan fingerprint density at radius 3 is 2.28 bits per heavy atom. The molecule has 43 heavy (non-hydrogen) atoms. The van der Waals surface area contributed by atoms with Gasteiger partial charge in [-0.05, 0) is 84.0 Å². The van der Waals surface area contributed by atoms with Crippen LogP contribution in [-0.2, 0) is 13.1 Å². The molecule has 0 spiro atoms. The van der Waals surface area contributed by atoms with Gasteiger partial charge in [-0.2, -0.15) is 13.2 Å². The van der Waals surface area contributed by atoms with Crippen LogP contribution < -0.4 is 5.69 Å². The third-order valence-corrected chi connectivity index (χ3v) is 66.1. The number of nitrogens with zero attached hydrogens (tertiary/aromatic N) is 4. The van der Waals surface area contributed by atoms with Crippen molar-refractivity contribution in [2.45, 2.75) is 57.9 Å². The van der Waals surface area contributed by atoms with E-state index in [2.05, 4.69) is 58.6 Å². The van der Waals surface area contributed by atoms with E-state index in [-0.39, 0.29) is 59.2 Å². The number of aryl methyl sites for hydroxylation is 2. The molecule has 5 rings (SSSR count). The second-order valence-corrected chi connectivity index (χ2v) is 49.4. The maximum absolute atomic E-state index is 13.4. The largest absolute Gasteiger partial charge is 0.389 e. The monoisotopic (exact) mass is 816 g/mol. The zero-order valence-electron chi connectivity index (χ0n) is 23.2. The van der Waals surface area contributed by atoms with Gasteiger partial charge in [-0.3, -0.25) is 9.13 Å². The predicted molar refractivity (Wildman–Crippen MR) is 213 cm³/mol. The molecule has 3 heterocycles. The number of halogens is 4. The molecule has 8 atom stereocenters. The first-order chi connectivity index (χ1) is 20.2. The minimum Gasteiger partial charge on any atom is -0.342 e. The Labute approximate surface area is 274 Å². The molecule has 3 aromatic heterocycles. The highest BCUT2D eigenvalue weighted by atomic mass is 35.5. The quantitative estimate of drug-likeness (QED) is 0.118. The van der Waals surface area contributed by atoms with Crippen LogP contribution in [0.1, 0.15) is 43.0 Å². The molecule has 1 aliphatic rings. The van der Waals surface area contributed by atoms with Gasteiger partial charge in [0.05, 0.1) is 28.6 Å². The highest BCUT2D eigenvalue weighted by Crippen LogP contribution is 3.12. The molecule has 0 bridgehead atoms. The summed E-state index contributed by atoms with van der Waals surface area (Å²) in [7, 11) is 18.9. The molecule has 0 aliphatic heterocycles. The van der Waals surface area contributed by atoms with E-state index in [4.69, 9.17) is 11.6 Å². The zero-order chi connectivity index (χ0) is 31.6. The van der Waals surface area contributed by atoms with Crippen molar-refractivity contribution in [3.63, 3.8) is 0 Å². The Balaban J connectivity index is 0.000000330. The van der Waals surface area contributed by atoms with E-state index in [1.807, 2.05) is 40.3 Å². The number of benzene rings is 1. The van der Waals surface area contributed by atoms with E-state index in [1.54, 1.807) is 16.7 Å². The summed E-state index contributed by atoms with van der Waals surface area (Å²) >= 11 is 6.04. The van der Waals surface area contributed by atoms with E-state index in [1.165, 1.54) is 0 Å². The van der Waals surface area contributed by atoms with Gasteiger partial charge in [0.25, 0.3) is 0 Å². The predicted octanol–water partition coefficient (Wildman–Crippen LogP) is 11.8. The number of hydrogen-bond acceptors (Lipinski definition) is 2. The first-order valence-corrected chi connectivity index (χ1v) is 32.7. The van der Waals surface area contributed by atoms with E-state index in [0.29, 0.717) is 16.2 Å². The van der Waals surface area contributed by atoms with Crippen molar-refractivity contribution in [1.82, 2.24) is 18.7 Å². The number of alkyl halides is 3. The summed E-state index contributed by atoms with van der Waals surface area (Å²) in [6, 6.07) is 11.3. The van der Waals surface area contributed by atoms with Crippen molar-refractivity contribution < 1.29 is 13.2 Å². The van der Waals surface area contributed by atoms with Gasteiger partial charge in [-0.15, -0.1) is 53.6 Å². The van der Waals surface area contributed by atoms with E-state index >= 15 is 0 Å². The molecule has 1 fully saturated rings. The fourth-order valence-corrected chi connectivity index (χ4v) is 100. The number of rotatable bonds is 10. The highest BCUT2D eigenvalue weighted by molar-refractivity contribution is 9.18. The molecule has 1 aromatic carbocycles. The normalized spacial score (nSPS) is 15.0. The van der Waals surface area contributed by atoms with Gasteiger partial charge in [0.2, 0.25) is 0 Å². The second-order valence-electron chi connectivity index (χ2n) is 9.96. The molecule has 4 aromatic rings. The summed E-state index contributed by atoms with van der Waals surface area (Å²) in [5, 5.41) is 0.314. The Hall–Kier alpha value is 1.99. The molecule has 0 amide bonds. The molecule has 5 nitrogen and oxygen atoms in total. The van der Waals surface area contributed by atoms with Crippen LogP contribution in [0.25, 0.3) is 22.1 Å². The highest BCUT2D eigenvalue weighted by Gasteiger charge is 2.30. The lowest BCUT2D eigenvalue weighted by Gasteiger charge is -2.29. The number of aromatic nitrogens is 4. The number of fused-ring (bicyclic) bond motifs is 2. The van der Waals surface area contributed by atoms with Gasteiger partial charge in [-0.1, -0.05) is 31.7 Å². The van der Waals surface area contributed by atoms with Gasteiger partial charge in [0.1, 0.15) is 5.15 Å². The summed E-state index contributed by atoms with van der Waals surface area (Å²) in [4.78, 5) is 17.7. The van der Waals surface area contributed by atoms with Crippen LogP contribution in [0.15, 0.2) is 41.2 Å². The minimum atomic E-state index is -4.21. The lowest BCUT2D eigenvalue weighted by molar-refractivity contribution is -0.135. The van der Waals surface area contributed by atoms with Gasteiger partial charge in [-0.25, -0.2) is 9.78 Å². The zero-order valence-corrected chi connectivity index (χ0v) is 35.5. The van der Waals surface area contributed by atoms with E-state index < -0.39 is 12.6 Å². The molecular formula is C23H35ClF3N4OP11. The van der Waals surface area contributed by atoms with E-state index in [0.717, 1.165) is 43.1 Å². The molecule has 20 heteroatoms. The van der Waals surface area contributed by atoms with Crippen LogP contribution in [0.2, 0.25) is 5.15 Å². The third-order valence-electron chi connectivity index (χ3n) is 6.81. The standard InChI is InChI=1S/C23H22ClF3N4O.H13P11/c1-14-4-2-5-19-21(14)31(15-6-7-15)22(32)30(19)13-16-12-17-18(8-9-20(24)28-17)29(16)11-3-10-23(25,26)27;1-7-10(6)11(8(2)3)9(4)5/h2,4-5,8-9,12,15H,3,6-7,10-11,13H2,1H3;7H,1-6H2. The van der Waals surface area contributed by atoms with Crippen LogP contribution in [-0.4, -0.2) is 24.9 Å². The molecule has 0 radical (unpaired) electrons. The summed E-state index contributed by atoms with van der Waals surface area (Å²) in [5.74, 6) is 0. The fraction of sp³-hybridized carbons (Fsp3) is 0.391. The number of pyridine rings is 1. The van der Waals surface area contributed by atoms with Crippen LogP contribution in [0.5, 0.6) is 0 Å². The van der Waals surface area contributed by atoms with Crippen LogP contribution in [0.4, 0.5) is 13.2 Å². The van der Waals surface area contributed by atoms with Crippen molar-refractivity contribution in [3.8, 4) is 0 Å². The second kappa shape index (κ2) is 16.6. The first-order valence-electron chi connectivity index (χ1n) is 13.0. The average molecular weight is 817 g/mol. The van der Waals surface area contributed by atoms with Crippen molar-refractivity contribution in [2.75, 3.05) is 0 Å². The van der Waals surface area contributed by atoms with Gasteiger partial charge in [0, 0.05) is 24.7 Å². The molecule has 1 aliphatic carbocycles. The molecule has 1 saturated carbocycles. The van der Waals surface area contributed by atoms with Crippen molar-refractivity contribution in [1.29, 1.82) is 0 Å². The Morgan fingerprint density at radius 1 is 1.05 bits per heavy atom. The van der Waals surface area contributed by atoms with Gasteiger partial charge < -0.3 is 4.57 Å². The molecule has 8 unspecified atom stereocenters. The lowest BCUT2D eigenvalue weighted by Crippen LogP contribution is -2.25. The summed E-state index contributed by atoms with van der Waals surface area (Å²) in [6.45, 7) is 3.18. The van der Waals surface area contributed by atoms with Gasteiger partial charge >= 0.3 is 11.9 Å². The number of para-hydroxylation sites is 1. The SMILES string of the molecule is Cc1cccc2c1n(C1CC1)c(=O)n2Cc1cc2nc(Cl)ccc2n1CCCC(F)(F)F.PPP(P)P(P(P)P)P(P)P. The van der Waals surface area contributed by atoms with Crippen LogP contribution in [0.3, 0.4) is 0 Å². The van der Waals surface area contributed by atoms with Crippen molar-refractivity contribution in [3.05, 3.63) is 63.3 Å². The van der Waals surface area contributed by atoms with E-state index in [9.17, 15) is 18.0 Å². The third kappa shape index (κ3) is 9.79. The first kappa shape index (κ1) is 37.8. The molecule has 0 saturated heterocycles. The summed E-state index contributed by atoms with van der Waals surface area (Å²) in [5.41, 5.74) is 4.76. The van der Waals surface area contributed by atoms with Crippen molar-refractivity contribution in [2.24, 2.45) is 0 Å². The van der Waals surface area contributed by atoms with Crippen LogP contribution in [0, 0.1) is 6.92 Å². The fourth-order valence-electron chi connectivity index (χ4n) is 4.88. The molecule has 0 N–H and O–H groups in total. The molecule has 236 valence electrons. The Kier molecular flexibility index (Phi) is 14.6. The van der Waals surface area contributed by atoms with Crippen LogP contribution >= 0.6 is 101 Å². The Morgan fingerprint density at radius 2 is 1.72 bits per heavy atom. The number of hydrogen-bond donors (Lipinski definition) is 0. The lowest BCUT2D eigenvalue weighted by atomic mass is 10.2. The average Bonchev–Trinajstić information content (AvgIpc) is 3.64. The smallest absolute Gasteiger partial charge is 0.342 e. The van der Waals surface area contributed by atoms with Gasteiger partial charge in [0.15, 0.2) is 0 Å². The maximum atomic E-state index is 13.4. The minimum absolute atomic E-state index is 0.0548. The maximum Gasteiger partial charge on any atom is 0.389 e. The van der Waals surface area contributed by atoms with Crippen molar-refractivity contribution >= 4 is 123 Å². The summed E-state index contributed by atoms with van der Waals surface area (Å²) in [6.07, 6.45) is -3.17. The number of imidazole rings is 1.